The largest absolute Gasteiger partial charge is 0.302 e. The average Bonchev–Trinajstić information content (AvgIpc) is 2.76. The minimum absolute atomic E-state index is 0.0342. The zero-order valence-electron chi connectivity index (χ0n) is 11.3. The second-order valence-electron chi connectivity index (χ2n) is 4.52. The summed E-state index contributed by atoms with van der Waals surface area (Å²) in [7, 11) is 1.79. The molecule has 0 radical (unpaired) electrons. The van der Waals surface area contributed by atoms with Crippen molar-refractivity contribution in [2.24, 2.45) is 7.05 Å². The van der Waals surface area contributed by atoms with E-state index in [4.69, 9.17) is 11.6 Å². The van der Waals surface area contributed by atoms with E-state index in [1.54, 1.807) is 36.0 Å². The number of hydrogen-bond donors (Lipinski definition) is 1. The molecule has 0 unspecified atom stereocenters. The predicted molar refractivity (Wildman–Crippen MR) is 78.2 cm³/mol. The molecule has 0 saturated heterocycles. The molecule has 0 aliphatic carbocycles. The van der Waals surface area contributed by atoms with Gasteiger partial charge in [-0.05, 0) is 25.1 Å². The van der Waals surface area contributed by atoms with Crippen LogP contribution in [-0.2, 0) is 7.05 Å². The number of amides is 1. The number of carbonyl (C=O) groups excluding carboxylic acids is 1. The van der Waals surface area contributed by atoms with Crippen molar-refractivity contribution < 1.29 is 4.79 Å². The molecule has 3 rings (SSSR count). The van der Waals surface area contributed by atoms with Gasteiger partial charge in [0, 0.05) is 23.8 Å². The van der Waals surface area contributed by atoms with Crippen LogP contribution < -0.4 is 5.32 Å². The third-order valence-electron chi connectivity index (χ3n) is 2.97. The summed E-state index contributed by atoms with van der Waals surface area (Å²) in [5, 5.41) is 15.1. The second-order valence-corrected chi connectivity index (χ2v) is 4.95. The lowest BCUT2D eigenvalue weighted by Crippen LogP contribution is -2.17. The number of rotatable bonds is 2. The topological polar surface area (TPSA) is 85.6 Å². The number of halogens is 1. The number of hydrogen-bond acceptors (Lipinski definition) is 5. The molecule has 0 fully saturated rings. The summed E-state index contributed by atoms with van der Waals surface area (Å²) in [5.74, 6) is -0.0645. The van der Waals surface area contributed by atoms with Crippen molar-refractivity contribution >= 4 is 34.4 Å². The van der Waals surface area contributed by atoms with Crippen molar-refractivity contribution in [1.82, 2.24) is 25.0 Å². The number of benzene rings is 1. The molecule has 0 saturated carbocycles. The maximum Gasteiger partial charge on any atom is 0.296 e. The Morgan fingerprint density at radius 2 is 2.05 bits per heavy atom. The number of carbonyl (C=O) groups is 1. The van der Waals surface area contributed by atoms with Crippen LogP contribution in [0.1, 0.15) is 16.3 Å². The van der Waals surface area contributed by atoms with Crippen molar-refractivity contribution in [3.05, 3.63) is 40.8 Å². The molecule has 8 heteroatoms. The van der Waals surface area contributed by atoms with Gasteiger partial charge >= 0.3 is 0 Å². The first-order chi connectivity index (χ1) is 10.0. The van der Waals surface area contributed by atoms with Crippen molar-refractivity contribution in [2.75, 3.05) is 5.32 Å². The van der Waals surface area contributed by atoms with E-state index in [1.807, 2.05) is 6.92 Å². The molecule has 2 aromatic heterocycles. The Morgan fingerprint density at radius 1 is 1.24 bits per heavy atom. The van der Waals surface area contributed by atoms with Gasteiger partial charge in [0.2, 0.25) is 5.82 Å². The predicted octanol–water partition coefficient (Wildman–Crippen LogP) is 1.97. The van der Waals surface area contributed by atoms with Gasteiger partial charge < -0.3 is 5.32 Å². The molecule has 0 bridgehead atoms. The first-order valence-electron chi connectivity index (χ1n) is 6.15. The fourth-order valence-electron chi connectivity index (χ4n) is 1.80. The summed E-state index contributed by atoms with van der Waals surface area (Å²) >= 11 is 5.90. The van der Waals surface area contributed by atoms with Crippen molar-refractivity contribution in [1.29, 1.82) is 0 Å². The second kappa shape index (κ2) is 5.10. The van der Waals surface area contributed by atoms with Gasteiger partial charge in [0.05, 0.1) is 5.52 Å². The fraction of sp³-hybridized carbons (Fsp3) is 0.154. The molecule has 1 amide bonds. The average molecular weight is 303 g/mol. The van der Waals surface area contributed by atoms with Gasteiger partial charge in [0.25, 0.3) is 5.91 Å². The molecule has 2 heterocycles. The Morgan fingerprint density at radius 3 is 2.76 bits per heavy atom. The summed E-state index contributed by atoms with van der Waals surface area (Å²) < 4.78 is 1.66. The highest BCUT2D eigenvalue weighted by Crippen LogP contribution is 2.15. The Hall–Kier alpha value is -2.54. The number of aryl methyl sites for hydroxylation is 2. The molecule has 21 heavy (non-hydrogen) atoms. The van der Waals surface area contributed by atoms with Crippen molar-refractivity contribution in [2.45, 2.75) is 6.92 Å². The van der Waals surface area contributed by atoms with Gasteiger partial charge in [0.1, 0.15) is 5.52 Å². The number of anilines is 1. The molecule has 1 N–H and O–H groups in total. The van der Waals surface area contributed by atoms with Crippen LogP contribution in [0.5, 0.6) is 0 Å². The highest BCUT2D eigenvalue weighted by atomic mass is 35.5. The van der Waals surface area contributed by atoms with E-state index in [0.717, 1.165) is 5.69 Å². The Labute approximate surface area is 125 Å². The maximum absolute atomic E-state index is 12.1. The van der Waals surface area contributed by atoms with E-state index >= 15 is 0 Å². The first-order valence-corrected chi connectivity index (χ1v) is 6.53. The maximum atomic E-state index is 12.1. The lowest BCUT2D eigenvalue weighted by atomic mass is 10.3. The fourth-order valence-corrected chi connectivity index (χ4v) is 1.96. The smallest absolute Gasteiger partial charge is 0.296 e. The molecule has 0 spiro atoms. The third kappa shape index (κ3) is 2.68. The van der Waals surface area contributed by atoms with Crippen LogP contribution in [0, 0.1) is 6.92 Å². The molecule has 0 aliphatic rings. The van der Waals surface area contributed by atoms with E-state index in [-0.39, 0.29) is 5.82 Å². The summed E-state index contributed by atoms with van der Waals surface area (Å²) in [6.07, 6.45) is 0. The number of nitrogens with zero attached hydrogens (tertiary/aromatic N) is 5. The highest BCUT2D eigenvalue weighted by Gasteiger charge is 2.13. The summed E-state index contributed by atoms with van der Waals surface area (Å²) in [4.78, 5) is 16.3. The lowest BCUT2D eigenvalue weighted by molar-refractivity contribution is 0.101. The molecule has 7 nitrogen and oxygen atoms in total. The monoisotopic (exact) mass is 302 g/mol. The summed E-state index contributed by atoms with van der Waals surface area (Å²) in [6, 6.07) is 6.77. The SMILES string of the molecule is Cc1cc(NC(=O)c2nnc3ccc(Cl)cc3n2)nn1C. The van der Waals surface area contributed by atoms with E-state index in [9.17, 15) is 4.79 Å². The molecule has 106 valence electrons. The minimum Gasteiger partial charge on any atom is -0.302 e. The van der Waals surface area contributed by atoms with Gasteiger partial charge in [-0.1, -0.05) is 11.6 Å². The van der Waals surface area contributed by atoms with Gasteiger partial charge in [-0.2, -0.15) is 5.10 Å². The van der Waals surface area contributed by atoms with Gasteiger partial charge in [0.15, 0.2) is 5.82 Å². The standard InChI is InChI=1S/C13H11ClN6O/c1-7-5-11(19-20(7)2)16-13(21)12-15-10-6-8(14)3-4-9(10)17-18-12/h3-6H,1-2H3,(H,16,19,21). The summed E-state index contributed by atoms with van der Waals surface area (Å²) in [6.45, 7) is 1.89. The number of fused-ring (bicyclic) bond motifs is 1. The first kappa shape index (κ1) is 13.4. The van der Waals surface area contributed by atoms with Crippen LogP contribution >= 0.6 is 11.6 Å². The van der Waals surface area contributed by atoms with Crippen LogP contribution in [0.3, 0.4) is 0 Å². The van der Waals surface area contributed by atoms with Gasteiger partial charge in [-0.3, -0.25) is 9.48 Å². The van der Waals surface area contributed by atoms with Crippen LogP contribution in [0.15, 0.2) is 24.3 Å². The Bertz CT molecular complexity index is 824. The molecular weight excluding hydrogens is 292 g/mol. The minimum atomic E-state index is -0.470. The Kier molecular flexibility index (Phi) is 3.26. The lowest BCUT2D eigenvalue weighted by Gasteiger charge is -2.01. The Balaban J connectivity index is 1.90. The number of nitrogens with one attached hydrogen (secondary N) is 1. The molecular formula is C13H11ClN6O. The quantitative estimate of drug-likeness (QED) is 0.782. The molecule has 0 aliphatic heterocycles. The van der Waals surface area contributed by atoms with E-state index in [1.165, 1.54) is 0 Å². The number of aromatic nitrogens is 5. The van der Waals surface area contributed by atoms with Crippen molar-refractivity contribution in [3.63, 3.8) is 0 Å². The highest BCUT2D eigenvalue weighted by molar-refractivity contribution is 6.31. The van der Waals surface area contributed by atoms with E-state index in [2.05, 4.69) is 25.6 Å². The zero-order valence-corrected chi connectivity index (χ0v) is 12.1. The van der Waals surface area contributed by atoms with Crippen molar-refractivity contribution in [3.8, 4) is 0 Å². The summed E-state index contributed by atoms with van der Waals surface area (Å²) in [5.41, 5.74) is 2.01. The molecule has 1 aromatic carbocycles. The van der Waals surface area contributed by atoms with Crippen LogP contribution in [-0.4, -0.2) is 30.9 Å². The van der Waals surface area contributed by atoms with Gasteiger partial charge in [-0.25, -0.2) is 4.98 Å². The normalized spacial score (nSPS) is 10.8. The van der Waals surface area contributed by atoms with Crippen LogP contribution in [0.4, 0.5) is 5.82 Å². The van der Waals surface area contributed by atoms with E-state index in [0.29, 0.717) is 21.9 Å². The van der Waals surface area contributed by atoms with Crippen LogP contribution in [0.25, 0.3) is 11.0 Å². The molecule has 0 atom stereocenters. The van der Waals surface area contributed by atoms with E-state index < -0.39 is 5.91 Å². The third-order valence-corrected chi connectivity index (χ3v) is 3.21. The molecule has 3 aromatic rings. The van der Waals surface area contributed by atoms with Crippen LogP contribution in [0.2, 0.25) is 5.02 Å². The zero-order chi connectivity index (χ0) is 15.0. The van der Waals surface area contributed by atoms with Gasteiger partial charge in [-0.15, -0.1) is 10.2 Å².